The van der Waals surface area contributed by atoms with Crippen LogP contribution in [0.4, 0.5) is 0 Å². The molecule has 1 heterocycles. The molecule has 0 bridgehead atoms. The molecule has 4 atom stereocenters. The largest absolute Gasteiger partial charge is 0.389 e. The van der Waals surface area contributed by atoms with Crippen LogP contribution in [0, 0.1) is 11.8 Å². The van der Waals surface area contributed by atoms with E-state index in [0.717, 1.165) is 50.6 Å². The predicted molar refractivity (Wildman–Crippen MR) is 112 cm³/mol. The second kappa shape index (κ2) is 8.41. The minimum Gasteiger partial charge on any atom is -0.389 e. The molecule has 4 heteroatoms. The Bertz CT molecular complexity index is 629. The molecule has 2 aliphatic carbocycles. The molecule has 1 aromatic rings. The highest BCUT2D eigenvalue weighted by atomic mass is 35.5. The Kier molecular flexibility index (Phi) is 6.13. The van der Waals surface area contributed by atoms with E-state index in [2.05, 4.69) is 35.0 Å². The molecule has 0 amide bonds. The van der Waals surface area contributed by atoms with Gasteiger partial charge in [0.2, 0.25) is 0 Å². The Labute approximate surface area is 169 Å². The highest BCUT2D eigenvalue weighted by Gasteiger charge is 2.50. The second-order valence-electron chi connectivity index (χ2n) is 9.25. The molecule has 1 aromatic carbocycles. The molecular weight excluding hydrogens is 356 g/mol. The van der Waals surface area contributed by atoms with Crippen molar-refractivity contribution in [1.29, 1.82) is 0 Å². The number of piperazine rings is 1. The Morgan fingerprint density at radius 3 is 2.63 bits per heavy atom. The van der Waals surface area contributed by atoms with Crippen molar-refractivity contribution < 1.29 is 5.11 Å². The van der Waals surface area contributed by atoms with Crippen molar-refractivity contribution >= 4 is 11.6 Å². The van der Waals surface area contributed by atoms with Crippen LogP contribution in [0.2, 0.25) is 5.02 Å². The predicted octanol–water partition coefficient (Wildman–Crippen LogP) is 4.39. The van der Waals surface area contributed by atoms with Crippen LogP contribution in [0.1, 0.15) is 56.4 Å². The lowest BCUT2D eigenvalue weighted by molar-refractivity contribution is -0.112. The van der Waals surface area contributed by atoms with Crippen molar-refractivity contribution in [1.82, 2.24) is 9.80 Å². The summed E-state index contributed by atoms with van der Waals surface area (Å²) in [5.41, 5.74) is 0.646. The maximum atomic E-state index is 12.2. The average Bonchev–Trinajstić information content (AvgIpc) is 2.68. The van der Waals surface area contributed by atoms with Gasteiger partial charge in [0, 0.05) is 43.7 Å². The lowest BCUT2D eigenvalue weighted by atomic mass is 9.58. The number of benzene rings is 1. The molecule has 0 spiro atoms. The Morgan fingerprint density at radius 1 is 1.11 bits per heavy atom. The third kappa shape index (κ3) is 4.22. The van der Waals surface area contributed by atoms with E-state index in [-0.39, 0.29) is 5.92 Å². The number of aliphatic hydroxyl groups is 1. The minimum atomic E-state index is -0.586. The summed E-state index contributed by atoms with van der Waals surface area (Å²) < 4.78 is 0. The summed E-state index contributed by atoms with van der Waals surface area (Å²) in [7, 11) is 2.20. The maximum Gasteiger partial charge on any atom is 0.0758 e. The van der Waals surface area contributed by atoms with Gasteiger partial charge in [0.05, 0.1) is 5.60 Å². The quantitative estimate of drug-likeness (QED) is 0.825. The summed E-state index contributed by atoms with van der Waals surface area (Å²) in [6, 6.07) is 8.30. The van der Waals surface area contributed by atoms with Crippen LogP contribution in [-0.4, -0.2) is 60.3 Å². The summed E-state index contributed by atoms with van der Waals surface area (Å²) in [6.45, 7) is 5.38. The van der Waals surface area contributed by atoms with Gasteiger partial charge in [-0.05, 0) is 55.8 Å². The van der Waals surface area contributed by atoms with Gasteiger partial charge in [0.15, 0.2) is 0 Å². The van der Waals surface area contributed by atoms with Crippen LogP contribution in [-0.2, 0) is 0 Å². The molecule has 2 saturated carbocycles. The smallest absolute Gasteiger partial charge is 0.0758 e. The number of likely N-dealkylation sites (N-methyl/N-ethyl adjacent to an activating group) is 1. The van der Waals surface area contributed by atoms with Crippen molar-refractivity contribution in [3.63, 3.8) is 0 Å². The molecule has 3 nitrogen and oxygen atoms in total. The molecule has 1 aliphatic heterocycles. The van der Waals surface area contributed by atoms with Gasteiger partial charge in [-0.1, -0.05) is 49.4 Å². The van der Waals surface area contributed by atoms with Crippen LogP contribution in [0.3, 0.4) is 0 Å². The first-order valence-electron chi connectivity index (χ1n) is 10.9. The fourth-order valence-corrected chi connectivity index (χ4v) is 6.24. The second-order valence-corrected chi connectivity index (χ2v) is 9.68. The lowest BCUT2D eigenvalue weighted by Crippen LogP contribution is -2.55. The zero-order valence-electron chi connectivity index (χ0n) is 16.7. The summed E-state index contributed by atoms with van der Waals surface area (Å²) in [6.07, 6.45) is 8.54. The van der Waals surface area contributed by atoms with E-state index in [4.69, 9.17) is 11.6 Å². The van der Waals surface area contributed by atoms with Gasteiger partial charge in [-0.3, -0.25) is 0 Å². The first-order valence-corrected chi connectivity index (χ1v) is 11.3. The van der Waals surface area contributed by atoms with Crippen molar-refractivity contribution in [2.75, 3.05) is 39.8 Å². The van der Waals surface area contributed by atoms with Gasteiger partial charge in [0.25, 0.3) is 0 Å². The third-order valence-corrected chi connectivity index (χ3v) is 7.83. The fraction of sp³-hybridized carbons (Fsp3) is 0.739. The van der Waals surface area contributed by atoms with Crippen LogP contribution >= 0.6 is 11.6 Å². The zero-order valence-corrected chi connectivity index (χ0v) is 17.5. The van der Waals surface area contributed by atoms with Gasteiger partial charge < -0.3 is 14.9 Å². The van der Waals surface area contributed by atoms with E-state index < -0.39 is 5.60 Å². The van der Waals surface area contributed by atoms with Crippen molar-refractivity contribution in [3.8, 4) is 0 Å². The first kappa shape index (κ1) is 19.7. The van der Waals surface area contributed by atoms with Crippen LogP contribution in [0.5, 0.6) is 0 Å². The number of fused-ring (bicyclic) bond motifs is 1. The topological polar surface area (TPSA) is 26.7 Å². The zero-order chi connectivity index (χ0) is 18.9. The van der Waals surface area contributed by atoms with Crippen molar-refractivity contribution in [2.45, 2.75) is 56.5 Å². The molecule has 3 fully saturated rings. The molecule has 3 aliphatic rings. The number of rotatable bonds is 4. The van der Waals surface area contributed by atoms with Gasteiger partial charge in [-0.25, -0.2) is 0 Å². The minimum absolute atomic E-state index is 0.158. The molecular formula is C23H35ClN2O. The van der Waals surface area contributed by atoms with Gasteiger partial charge in [-0.15, -0.1) is 0 Å². The molecule has 0 radical (unpaired) electrons. The average molecular weight is 391 g/mol. The lowest BCUT2D eigenvalue weighted by Gasteiger charge is -2.52. The number of halogens is 1. The number of nitrogens with zero attached hydrogens (tertiary/aromatic N) is 2. The summed E-state index contributed by atoms with van der Waals surface area (Å²) in [4.78, 5) is 4.97. The first-order chi connectivity index (χ1) is 13.1. The molecule has 4 rings (SSSR count). The van der Waals surface area contributed by atoms with E-state index in [1.165, 1.54) is 37.7 Å². The summed E-state index contributed by atoms with van der Waals surface area (Å²) in [5, 5.41) is 13.0. The van der Waals surface area contributed by atoms with Crippen LogP contribution in [0.25, 0.3) is 0 Å². The summed E-state index contributed by atoms with van der Waals surface area (Å²) in [5.74, 6) is 1.33. The maximum absolute atomic E-state index is 12.2. The third-order valence-electron chi connectivity index (χ3n) is 7.59. The molecule has 150 valence electrons. The van der Waals surface area contributed by atoms with Gasteiger partial charge in [0.1, 0.15) is 0 Å². The van der Waals surface area contributed by atoms with E-state index in [0.29, 0.717) is 11.8 Å². The molecule has 27 heavy (non-hydrogen) atoms. The van der Waals surface area contributed by atoms with Crippen LogP contribution in [0.15, 0.2) is 24.3 Å². The Balaban J connectivity index is 1.63. The van der Waals surface area contributed by atoms with E-state index >= 15 is 0 Å². The van der Waals surface area contributed by atoms with Crippen molar-refractivity contribution in [2.24, 2.45) is 11.8 Å². The fourth-order valence-electron chi connectivity index (χ4n) is 6.04. The Morgan fingerprint density at radius 2 is 1.85 bits per heavy atom. The van der Waals surface area contributed by atoms with E-state index in [1.807, 2.05) is 6.07 Å². The molecule has 1 N–H and O–H groups in total. The SMILES string of the molecule is CN1CCN(CC(c2cccc(Cl)c2)C2(O)CCCC3CCCCC32)CC1. The van der Waals surface area contributed by atoms with Gasteiger partial charge in [-0.2, -0.15) is 0 Å². The normalized spacial score (nSPS) is 34.2. The molecule has 4 unspecified atom stereocenters. The highest BCUT2D eigenvalue weighted by molar-refractivity contribution is 6.30. The standard InChI is InChI=1S/C23H35ClN2O/c1-25-12-14-26(15-13-25)17-22(19-7-4-9-20(24)16-19)23(27)11-5-8-18-6-2-3-10-21(18)23/h4,7,9,16,18,21-22,27H,2-3,5-6,8,10-15,17H2,1H3. The highest BCUT2D eigenvalue weighted by Crippen LogP contribution is 2.52. The Hall–Kier alpha value is -0.610. The molecule has 1 saturated heterocycles. The summed E-state index contributed by atoms with van der Waals surface area (Å²) >= 11 is 6.37. The van der Waals surface area contributed by atoms with Crippen molar-refractivity contribution in [3.05, 3.63) is 34.9 Å². The van der Waals surface area contributed by atoms with Gasteiger partial charge >= 0.3 is 0 Å². The number of hydrogen-bond acceptors (Lipinski definition) is 3. The van der Waals surface area contributed by atoms with E-state index in [1.54, 1.807) is 0 Å². The van der Waals surface area contributed by atoms with Crippen LogP contribution < -0.4 is 0 Å². The monoisotopic (exact) mass is 390 g/mol. The number of hydrogen-bond donors (Lipinski definition) is 1. The molecule has 0 aromatic heterocycles. The van der Waals surface area contributed by atoms with E-state index in [9.17, 15) is 5.11 Å².